The highest BCUT2D eigenvalue weighted by molar-refractivity contribution is 6.31. The maximum absolute atomic E-state index is 6.16. The Morgan fingerprint density at radius 3 is 3.00 bits per heavy atom. The number of anilines is 1. The molecule has 2 bridgehead atoms. The van der Waals surface area contributed by atoms with Gasteiger partial charge < -0.3 is 10.5 Å². The van der Waals surface area contributed by atoms with Gasteiger partial charge in [0.15, 0.2) is 0 Å². The molecule has 3 rings (SSSR count). The number of morpholine rings is 1. The van der Waals surface area contributed by atoms with E-state index in [0.29, 0.717) is 12.1 Å². The number of benzene rings is 1. The van der Waals surface area contributed by atoms with E-state index in [4.69, 9.17) is 22.1 Å². The van der Waals surface area contributed by atoms with Gasteiger partial charge in [0.2, 0.25) is 0 Å². The molecule has 0 amide bonds. The smallest absolute Gasteiger partial charge is 0.0718 e. The van der Waals surface area contributed by atoms with Gasteiger partial charge in [0, 0.05) is 29.8 Å². The van der Waals surface area contributed by atoms with Crippen LogP contribution in [0.1, 0.15) is 17.5 Å². The summed E-state index contributed by atoms with van der Waals surface area (Å²) in [7, 11) is 0. The van der Waals surface area contributed by atoms with E-state index >= 15 is 0 Å². The zero-order valence-corrected chi connectivity index (χ0v) is 10.7. The number of ether oxygens (including phenoxy) is 1. The van der Waals surface area contributed by atoms with Gasteiger partial charge in [-0.1, -0.05) is 11.6 Å². The average Bonchev–Trinajstić information content (AvgIpc) is 2.87. The predicted octanol–water partition coefficient (Wildman–Crippen LogP) is 2.20. The molecule has 4 heteroatoms. The lowest BCUT2D eigenvalue weighted by molar-refractivity contribution is 0.0272. The van der Waals surface area contributed by atoms with Crippen molar-refractivity contribution >= 4 is 17.3 Å². The van der Waals surface area contributed by atoms with Gasteiger partial charge in [0.25, 0.3) is 0 Å². The molecule has 2 fully saturated rings. The van der Waals surface area contributed by atoms with Crippen LogP contribution in [0.2, 0.25) is 5.02 Å². The van der Waals surface area contributed by atoms with E-state index < -0.39 is 0 Å². The van der Waals surface area contributed by atoms with Crippen LogP contribution >= 0.6 is 11.6 Å². The van der Waals surface area contributed by atoms with Crippen LogP contribution in [-0.4, -0.2) is 30.2 Å². The van der Waals surface area contributed by atoms with Crippen molar-refractivity contribution in [3.8, 4) is 0 Å². The first kappa shape index (κ1) is 11.3. The van der Waals surface area contributed by atoms with Gasteiger partial charge in [-0.15, -0.1) is 0 Å². The van der Waals surface area contributed by atoms with Crippen LogP contribution in [-0.2, 0) is 11.3 Å². The monoisotopic (exact) mass is 252 g/mol. The lowest BCUT2D eigenvalue weighted by Crippen LogP contribution is -2.36. The van der Waals surface area contributed by atoms with Crippen LogP contribution in [0, 0.1) is 6.92 Å². The molecule has 0 aliphatic carbocycles. The highest BCUT2D eigenvalue weighted by Crippen LogP contribution is 2.31. The minimum Gasteiger partial charge on any atom is -0.399 e. The van der Waals surface area contributed by atoms with Crippen molar-refractivity contribution in [3.63, 3.8) is 0 Å². The first-order chi connectivity index (χ1) is 8.13. The molecule has 0 aromatic heterocycles. The van der Waals surface area contributed by atoms with Gasteiger partial charge >= 0.3 is 0 Å². The van der Waals surface area contributed by atoms with Crippen LogP contribution in [0.5, 0.6) is 0 Å². The molecular formula is C13H17ClN2O. The molecule has 2 atom stereocenters. The Balaban J connectivity index is 1.81. The highest BCUT2D eigenvalue weighted by Gasteiger charge is 2.38. The molecular weight excluding hydrogens is 236 g/mol. The molecule has 17 heavy (non-hydrogen) atoms. The molecule has 2 aliphatic rings. The normalized spacial score (nSPS) is 27.9. The molecule has 2 heterocycles. The Labute approximate surface area is 106 Å². The Morgan fingerprint density at radius 2 is 2.35 bits per heavy atom. The zero-order chi connectivity index (χ0) is 12.0. The molecule has 1 aromatic carbocycles. The number of likely N-dealkylation sites (tertiary alicyclic amines) is 1. The third-order valence-electron chi connectivity index (χ3n) is 3.86. The molecule has 92 valence electrons. The van der Waals surface area contributed by atoms with E-state index in [1.54, 1.807) is 0 Å². The summed E-state index contributed by atoms with van der Waals surface area (Å²) in [5.74, 6) is 0. The summed E-state index contributed by atoms with van der Waals surface area (Å²) in [5, 5.41) is 0.764. The van der Waals surface area contributed by atoms with E-state index in [-0.39, 0.29) is 0 Å². The van der Waals surface area contributed by atoms with Gasteiger partial charge in [-0.05, 0) is 36.6 Å². The first-order valence-corrected chi connectivity index (χ1v) is 6.41. The Hall–Kier alpha value is -0.770. The van der Waals surface area contributed by atoms with Crippen LogP contribution in [0.4, 0.5) is 5.69 Å². The molecule has 2 saturated heterocycles. The molecule has 2 unspecified atom stereocenters. The van der Waals surface area contributed by atoms with Crippen molar-refractivity contribution in [2.45, 2.75) is 32.0 Å². The lowest BCUT2D eigenvalue weighted by Gasteiger charge is -2.27. The topological polar surface area (TPSA) is 38.5 Å². The Morgan fingerprint density at radius 1 is 1.53 bits per heavy atom. The second-order valence-electron chi connectivity index (χ2n) is 5.06. The minimum absolute atomic E-state index is 0.442. The summed E-state index contributed by atoms with van der Waals surface area (Å²) in [4.78, 5) is 2.48. The number of nitrogen functional groups attached to an aromatic ring is 1. The van der Waals surface area contributed by atoms with E-state index in [1.807, 2.05) is 12.1 Å². The fourth-order valence-electron chi connectivity index (χ4n) is 2.81. The second kappa shape index (κ2) is 4.16. The van der Waals surface area contributed by atoms with E-state index in [0.717, 1.165) is 36.0 Å². The largest absolute Gasteiger partial charge is 0.399 e. The molecule has 2 aliphatic heterocycles. The van der Waals surface area contributed by atoms with Crippen LogP contribution in [0.25, 0.3) is 0 Å². The fraction of sp³-hybridized carbons (Fsp3) is 0.538. The fourth-order valence-corrected chi connectivity index (χ4v) is 3.06. The standard InChI is InChI=1S/C13H17ClN2O/c1-8-9(2-10(15)3-13(8)14)5-16-6-12-4-11(16)7-17-12/h2-3,11-12H,4-7,15H2,1H3. The van der Waals surface area contributed by atoms with Crippen molar-refractivity contribution in [2.75, 3.05) is 18.9 Å². The predicted molar refractivity (Wildman–Crippen MR) is 69.2 cm³/mol. The number of nitrogens with two attached hydrogens (primary N) is 1. The Kier molecular flexibility index (Phi) is 2.77. The summed E-state index contributed by atoms with van der Waals surface area (Å²) in [6.45, 7) is 4.90. The summed E-state index contributed by atoms with van der Waals surface area (Å²) in [5.41, 5.74) is 8.98. The highest BCUT2D eigenvalue weighted by atomic mass is 35.5. The van der Waals surface area contributed by atoms with Gasteiger partial charge in [-0.3, -0.25) is 4.90 Å². The quantitative estimate of drug-likeness (QED) is 0.821. The van der Waals surface area contributed by atoms with Crippen LogP contribution in [0.3, 0.4) is 0 Å². The second-order valence-corrected chi connectivity index (χ2v) is 5.47. The minimum atomic E-state index is 0.442. The Bertz CT molecular complexity index is 449. The summed E-state index contributed by atoms with van der Waals surface area (Å²) in [6.07, 6.45) is 1.62. The maximum Gasteiger partial charge on any atom is 0.0718 e. The number of fused-ring (bicyclic) bond motifs is 2. The van der Waals surface area contributed by atoms with Gasteiger partial charge in [0.1, 0.15) is 0 Å². The van der Waals surface area contributed by atoms with E-state index in [1.165, 1.54) is 12.0 Å². The number of rotatable bonds is 2. The molecule has 0 saturated carbocycles. The molecule has 2 N–H and O–H groups in total. The number of hydrogen-bond acceptors (Lipinski definition) is 3. The van der Waals surface area contributed by atoms with Crippen molar-refractivity contribution < 1.29 is 4.74 Å². The summed E-state index contributed by atoms with van der Waals surface area (Å²) >= 11 is 6.16. The molecule has 1 aromatic rings. The van der Waals surface area contributed by atoms with Crippen molar-refractivity contribution in [1.82, 2.24) is 4.90 Å². The number of nitrogens with zero attached hydrogens (tertiary/aromatic N) is 1. The average molecular weight is 253 g/mol. The van der Waals surface area contributed by atoms with E-state index in [2.05, 4.69) is 11.8 Å². The van der Waals surface area contributed by atoms with Crippen LogP contribution in [0.15, 0.2) is 12.1 Å². The van der Waals surface area contributed by atoms with Gasteiger partial charge in [-0.25, -0.2) is 0 Å². The van der Waals surface area contributed by atoms with E-state index in [9.17, 15) is 0 Å². The lowest BCUT2D eigenvalue weighted by atomic mass is 10.1. The molecule has 0 spiro atoms. The van der Waals surface area contributed by atoms with Crippen molar-refractivity contribution in [1.29, 1.82) is 0 Å². The van der Waals surface area contributed by atoms with Gasteiger partial charge in [0.05, 0.1) is 12.7 Å². The number of hydrogen-bond donors (Lipinski definition) is 1. The third kappa shape index (κ3) is 2.03. The van der Waals surface area contributed by atoms with Crippen LogP contribution < -0.4 is 5.73 Å². The third-order valence-corrected chi connectivity index (χ3v) is 4.25. The van der Waals surface area contributed by atoms with Crippen molar-refractivity contribution in [3.05, 3.63) is 28.3 Å². The summed E-state index contributed by atoms with van der Waals surface area (Å²) < 4.78 is 5.61. The maximum atomic E-state index is 6.16. The van der Waals surface area contributed by atoms with Gasteiger partial charge in [-0.2, -0.15) is 0 Å². The van der Waals surface area contributed by atoms with Crippen molar-refractivity contribution in [2.24, 2.45) is 0 Å². The number of halogens is 1. The molecule has 3 nitrogen and oxygen atoms in total. The first-order valence-electron chi connectivity index (χ1n) is 6.03. The SMILES string of the molecule is Cc1c(Cl)cc(N)cc1CN1CC2CC1CO2. The summed E-state index contributed by atoms with van der Waals surface area (Å²) in [6, 6.07) is 4.44. The molecule has 0 radical (unpaired) electrons. The zero-order valence-electron chi connectivity index (χ0n) is 9.95.